The van der Waals surface area contributed by atoms with Gasteiger partial charge in [-0.05, 0) is 0 Å². The van der Waals surface area contributed by atoms with Crippen molar-refractivity contribution in [3.05, 3.63) is 0 Å². The fourth-order valence-corrected chi connectivity index (χ4v) is 0. The quantitative estimate of drug-likeness (QED) is 0.540. The van der Waals surface area contributed by atoms with Crippen molar-refractivity contribution < 1.29 is 64.0 Å². The molecule has 0 bridgehead atoms. The first-order chi connectivity index (χ1) is 0. The minimum absolute atomic E-state index is 0. The van der Waals surface area contributed by atoms with Gasteiger partial charge in [-0.3, -0.25) is 0 Å². The van der Waals surface area contributed by atoms with E-state index in [-0.39, 0.29) is 113 Å². The van der Waals surface area contributed by atoms with Gasteiger partial charge >= 0.3 is 48.9 Å². The molecule has 0 atom stereocenters. The minimum atomic E-state index is 0. The van der Waals surface area contributed by atoms with Crippen molar-refractivity contribution in [1.29, 1.82) is 0 Å². The molecule has 0 unspecified atom stereocenters. The molecule has 21 valence electrons. The molecular formula is H2BaFeNbTi. The maximum Gasteiger partial charge on any atom is 2.00 e. The minimum Gasteiger partial charge on any atom is -1.00 e. The maximum absolute atomic E-state index is 0. The van der Waals surface area contributed by atoms with Crippen molar-refractivity contribution in [3.8, 4) is 0 Å². The van der Waals surface area contributed by atoms with Crippen LogP contribution in [0.25, 0.3) is 0 Å². The van der Waals surface area contributed by atoms with Crippen LogP contribution in [0.15, 0.2) is 0 Å². The van der Waals surface area contributed by atoms with E-state index in [9.17, 15) is 0 Å². The summed E-state index contributed by atoms with van der Waals surface area (Å²) in [5.74, 6) is 0. The third-order valence-electron chi connectivity index (χ3n) is 0. The van der Waals surface area contributed by atoms with Crippen LogP contribution in [0.2, 0.25) is 0 Å². The van der Waals surface area contributed by atoms with E-state index >= 15 is 0 Å². The molecule has 0 aliphatic carbocycles. The second-order valence-corrected chi connectivity index (χ2v) is 0. The number of hydrogen-bond acceptors (Lipinski definition) is 0. The van der Waals surface area contributed by atoms with Crippen molar-refractivity contribution >= 4 is 48.9 Å². The molecule has 0 nitrogen and oxygen atoms in total. The second-order valence-electron chi connectivity index (χ2n) is 0. The fourth-order valence-electron chi connectivity index (χ4n) is 0. The van der Waals surface area contributed by atoms with E-state index in [0.717, 1.165) is 0 Å². The van der Waals surface area contributed by atoms with Gasteiger partial charge in [0.2, 0.25) is 0 Å². The van der Waals surface area contributed by atoms with E-state index in [1.807, 2.05) is 0 Å². The third-order valence-corrected chi connectivity index (χ3v) is 0. The molecule has 0 rings (SSSR count). The van der Waals surface area contributed by atoms with E-state index in [1.165, 1.54) is 0 Å². The Morgan fingerprint density at radius 3 is 1.25 bits per heavy atom. The molecule has 0 saturated carbocycles. The normalized spacial score (nSPS) is 0. The largest absolute Gasteiger partial charge is 2.00 e. The monoisotopic (exact) mass is 337 g/mol. The second kappa shape index (κ2) is 16.0. The van der Waals surface area contributed by atoms with Crippen LogP contribution in [0.5, 0.6) is 0 Å². The summed E-state index contributed by atoms with van der Waals surface area (Å²) in [4.78, 5) is 0. The van der Waals surface area contributed by atoms with E-state index in [1.54, 1.807) is 0 Å². The molecule has 0 heterocycles. The summed E-state index contributed by atoms with van der Waals surface area (Å²) >= 11 is 0. The first-order valence-corrected chi connectivity index (χ1v) is 0. The Morgan fingerprint density at radius 2 is 1.25 bits per heavy atom. The zero-order valence-electron chi connectivity index (χ0n) is 4.01. The standard InChI is InChI=1S/Ba.Fe.Nb.Ti.2H/q+2;;;;2*-1. The van der Waals surface area contributed by atoms with Gasteiger partial charge in [0.15, 0.2) is 0 Å². The Hall–Kier alpha value is 3.55. The van der Waals surface area contributed by atoms with Crippen LogP contribution in [-0.4, -0.2) is 48.9 Å². The molecule has 0 aromatic heterocycles. The van der Waals surface area contributed by atoms with E-state index < -0.39 is 0 Å². The zero-order valence-corrected chi connectivity index (χ0v) is 11.3. The summed E-state index contributed by atoms with van der Waals surface area (Å²) in [5, 5.41) is 0. The summed E-state index contributed by atoms with van der Waals surface area (Å²) in [7, 11) is 0. The maximum atomic E-state index is 0. The SMILES string of the molecule is [Ba+2].[Fe].[H-].[H-].[Nb].[Ti]. The van der Waals surface area contributed by atoms with Crippen LogP contribution in [0, 0.1) is 0 Å². The Balaban J connectivity index is 0. The molecule has 4 heavy (non-hydrogen) atoms. The van der Waals surface area contributed by atoms with Crippen molar-refractivity contribution in [3.63, 3.8) is 0 Å². The Labute approximate surface area is 110 Å². The molecule has 0 aliphatic heterocycles. The molecule has 0 spiro atoms. The molecule has 4 heteroatoms. The van der Waals surface area contributed by atoms with Gasteiger partial charge in [0, 0.05) is 61.2 Å². The van der Waals surface area contributed by atoms with E-state index in [2.05, 4.69) is 0 Å². The predicted molar refractivity (Wildman–Crippen MR) is 7.98 cm³/mol. The molecule has 0 fully saturated rings. The fraction of sp³-hybridized carbons (Fsp3) is 0. The topological polar surface area (TPSA) is 0 Å². The zero-order chi connectivity index (χ0) is 0. The Bertz CT molecular complexity index is 13.5. The predicted octanol–water partition coefficient (Wildman–Crippen LogP) is -0.163. The first-order valence-electron chi connectivity index (χ1n) is 0. The average Bonchev–Trinajstić information content (AvgIpc) is 0. The molecule has 0 amide bonds. The van der Waals surface area contributed by atoms with Crippen LogP contribution in [0.1, 0.15) is 2.85 Å². The van der Waals surface area contributed by atoms with Crippen LogP contribution < -0.4 is 0 Å². The summed E-state index contributed by atoms with van der Waals surface area (Å²) in [6, 6.07) is 0. The van der Waals surface area contributed by atoms with Crippen molar-refractivity contribution in [2.75, 3.05) is 0 Å². The van der Waals surface area contributed by atoms with Gasteiger partial charge in [0.1, 0.15) is 0 Å². The van der Waals surface area contributed by atoms with Crippen LogP contribution in [-0.2, 0) is 61.2 Å². The van der Waals surface area contributed by atoms with Crippen molar-refractivity contribution in [2.45, 2.75) is 0 Å². The van der Waals surface area contributed by atoms with E-state index in [4.69, 9.17) is 0 Å². The van der Waals surface area contributed by atoms with Gasteiger partial charge in [-0.1, -0.05) is 0 Å². The summed E-state index contributed by atoms with van der Waals surface area (Å²) in [6.07, 6.45) is 0. The van der Waals surface area contributed by atoms with Crippen LogP contribution >= 0.6 is 0 Å². The van der Waals surface area contributed by atoms with Crippen LogP contribution in [0.3, 0.4) is 0 Å². The molecule has 0 aromatic carbocycles. The molecule has 1 radical (unpaired) electrons. The van der Waals surface area contributed by atoms with Gasteiger partial charge in [-0.15, -0.1) is 0 Å². The van der Waals surface area contributed by atoms with Crippen molar-refractivity contribution in [1.82, 2.24) is 0 Å². The molecule has 0 aromatic rings. The van der Waals surface area contributed by atoms with Gasteiger partial charge in [0.25, 0.3) is 0 Å². The van der Waals surface area contributed by atoms with Crippen molar-refractivity contribution in [2.24, 2.45) is 0 Å². The third kappa shape index (κ3) is 9.11. The Morgan fingerprint density at radius 1 is 1.25 bits per heavy atom. The smallest absolute Gasteiger partial charge is 1.00 e. The van der Waals surface area contributed by atoms with Gasteiger partial charge in [-0.25, -0.2) is 0 Å². The average molecular weight is 336 g/mol. The van der Waals surface area contributed by atoms with Gasteiger partial charge in [-0.2, -0.15) is 0 Å². The molecular weight excluding hydrogens is 334 g/mol. The van der Waals surface area contributed by atoms with Crippen LogP contribution in [0.4, 0.5) is 0 Å². The summed E-state index contributed by atoms with van der Waals surface area (Å²) in [5.41, 5.74) is 0. The molecule has 0 N–H and O–H groups in total. The summed E-state index contributed by atoms with van der Waals surface area (Å²) < 4.78 is 0. The number of hydrogen-bond donors (Lipinski definition) is 0. The molecule has 0 saturated heterocycles. The van der Waals surface area contributed by atoms with Gasteiger partial charge < -0.3 is 2.85 Å². The molecule has 0 aliphatic rings. The van der Waals surface area contributed by atoms with Gasteiger partial charge in [0.05, 0.1) is 0 Å². The number of rotatable bonds is 0. The Kier molecular flexibility index (Phi) is 103. The first kappa shape index (κ1) is 25.7. The van der Waals surface area contributed by atoms with E-state index in [0.29, 0.717) is 0 Å². The summed E-state index contributed by atoms with van der Waals surface area (Å²) in [6.45, 7) is 0.